The molecule has 4 aliphatic heterocycles. The summed E-state index contributed by atoms with van der Waals surface area (Å²) in [4.78, 5) is 36.8. The number of amides is 2. The van der Waals surface area contributed by atoms with Gasteiger partial charge in [0, 0.05) is 25.9 Å². The summed E-state index contributed by atoms with van der Waals surface area (Å²) < 4.78 is 26.8. The van der Waals surface area contributed by atoms with Crippen LogP contribution in [-0.2, 0) is 38.5 Å². The molecule has 4 aliphatic rings. The van der Waals surface area contributed by atoms with Crippen LogP contribution in [0.1, 0.15) is 28.4 Å². The molecule has 1 unspecified atom stereocenters. The molecule has 0 aliphatic carbocycles. The van der Waals surface area contributed by atoms with Gasteiger partial charge < -0.3 is 44.4 Å². The maximum absolute atomic E-state index is 13.4. The van der Waals surface area contributed by atoms with Crippen LogP contribution in [0.25, 0.3) is 0 Å². The Morgan fingerprint density at radius 2 is 1.18 bits per heavy atom. The SMILES string of the molecule is CON=C1Cc2ccc(c(Br)c2)Oc2cc(cc(Br)c2OC)CC(=NOC)C(=O)NCC(O)c2cc(Br)c(c(Br)c2)Oc2cc(cc(Br)c2OC)CCNC1=O. The Labute approximate surface area is 365 Å². The van der Waals surface area contributed by atoms with E-state index in [1.165, 1.54) is 28.4 Å². The van der Waals surface area contributed by atoms with Crippen molar-refractivity contribution in [3.05, 3.63) is 99.2 Å². The first-order chi connectivity index (χ1) is 26.8. The topological polar surface area (TPSA) is 159 Å². The number of carbonyl (C=O) groups excluding carboxylic acids is 2. The van der Waals surface area contributed by atoms with Crippen molar-refractivity contribution in [2.75, 3.05) is 41.5 Å². The molecule has 4 heterocycles. The number of rotatable bonds is 4. The van der Waals surface area contributed by atoms with Crippen molar-refractivity contribution in [3.8, 4) is 34.5 Å². The number of ether oxygens (including phenoxy) is 4. The predicted molar refractivity (Wildman–Crippen MR) is 228 cm³/mol. The molecular weight excluding hydrogens is 1060 g/mol. The van der Waals surface area contributed by atoms with Gasteiger partial charge in [0.05, 0.1) is 42.7 Å². The molecule has 296 valence electrons. The van der Waals surface area contributed by atoms with Crippen LogP contribution in [-0.4, -0.2) is 69.9 Å². The first-order valence-electron chi connectivity index (χ1n) is 16.7. The number of halogens is 5. The standard InChI is InChI=1S/C38H35Br5N4O9/c1-51-35-25(41)11-21-13-29(47-54-4)38(50)45-18-30(48)22-16-26(42)34(27(43)17-22)56-33-14-20(10-24(40)36(33)52-2)7-8-44-37(49)28(46-53-3)12-19-5-6-31(23(39)9-19)55-32(35)15-21/h5-6,9-11,14-17,30,48H,7-8,12-13,18H2,1-4H3,(H,44,49)(H,45,50). The van der Waals surface area contributed by atoms with Crippen molar-refractivity contribution in [2.24, 2.45) is 10.3 Å². The van der Waals surface area contributed by atoms with E-state index in [-0.39, 0.29) is 37.4 Å². The van der Waals surface area contributed by atoms with Crippen LogP contribution in [0.15, 0.2) is 87.3 Å². The Morgan fingerprint density at radius 1 is 0.643 bits per heavy atom. The molecule has 8 rings (SSSR count). The number of benzene rings is 4. The number of aliphatic hydroxyl groups is 1. The van der Waals surface area contributed by atoms with Gasteiger partial charge in [0.15, 0.2) is 28.7 Å². The van der Waals surface area contributed by atoms with Crippen LogP contribution in [0, 0.1) is 0 Å². The Bertz CT molecular complexity index is 2160. The summed E-state index contributed by atoms with van der Waals surface area (Å²) in [7, 11) is 5.76. The number of hydrogen-bond donors (Lipinski definition) is 3. The quantitative estimate of drug-likeness (QED) is 0.170. The van der Waals surface area contributed by atoms with E-state index in [9.17, 15) is 14.7 Å². The van der Waals surface area contributed by atoms with Gasteiger partial charge in [-0.05, 0) is 157 Å². The van der Waals surface area contributed by atoms with E-state index in [2.05, 4.69) is 101 Å². The molecule has 13 nitrogen and oxygen atoms in total. The average Bonchev–Trinajstić information content (AvgIpc) is 3.15. The van der Waals surface area contributed by atoms with Crippen molar-refractivity contribution < 1.29 is 43.3 Å². The predicted octanol–water partition coefficient (Wildman–Crippen LogP) is 8.71. The van der Waals surface area contributed by atoms with E-state index in [0.29, 0.717) is 74.4 Å². The summed E-state index contributed by atoms with van der Waals surface area (Å²) in [6, 6.07) is 16.0. The van der Waals surface area contributed by atoms with Crippen LogP contribution >= 0.6 is 79.6 Å². The lowest BCUT2D eigenvalue weighted by molar-refractivity contribution is -0.116. The Kier molecular flexibility index (Phi) is 15.6. The van der Waals surface area contributed by atoms with Gasteiger partial charge in [-0.15, -0.1) is 0 Å². The second-order valence-electron chi connectivity index (χ2n) is 12.0. The highest BCUT2D eigenvalue weighted by molar-refractivity contribution is 9.11. The number of hydrogen-bond acceptors (Lipinski definition) is 11. The molecule has 0 saturated carbocycles. The molecule has 0 radical (unpaired) electrons. The van der Waals surface area contributed by atoms with Gasteiger partial charge in [-0.2, -0.15) is 0 Å². The number of carbonyl (C=O) groups is 2. The zero-order chi connectivity index (χ0) is 40.5. The minimum absolute atomic E-state index is 0.0441. The molecule has 2 amide bonds. The maximum Gasteiger partial charge on any atom is 0.269 e. The van der Waals surface area contributed by atoms with Gasteiger partial charge in [-0.1, -0.05) is 16.4 Å². The van der Waals surface area contributed by atoms with Crippen LogP contribution in [0.3, 0.4) is 0 Å². The highest BCUT2D eigenvalue weighted by atomic mass is 79.9. The van der Waals surface area contributed by atoms with Gasteiger partial charge in [-0.3, -0.25) is 9.59 Å². The monoisotopic (exact) mass is 1090 g/mol. The second kappa shape index (κ2) is 20.1. The number of nitrogens with one attached hydrogen (secondary N) is 2. The summed E-state index contributed by atoms with van der Waals surface area (Å²) in [5, 5.41) is 24.8. The summed E-state index contributed by atoms with van der Waals surface area (Å²) in [5.74, 6) is 1.55. The third-order valence-electron chi connectivity index (χ3n) is 8.21. The van der Waals surface area contributed by atoms with E-state index < -0.39 is 17.9 Å². The van der Waals surface area contributed by atoms with E-state index in [4.69, 9.17) is 28.6 Å². The van der Waals surface area contributed by atoms with Crippen molar-refractivity contribution in [1.29, 1.82) is 0 Å². The normalized spacial score (nSPS) is 16.9. The molecule has 18 heteroatoms. The molecule has 0 saturated heterocycles. The molecule has 4 aromatic rings. The number of methoxy groups -OCH3 is 2. The fraction of sp³-hybridized carbons (Fsp3) is 0.263. The van der Waals surface area contributed by atoms with Crippen LogP contribution in [0.5, 0.6) is 34.5 Å². The van der Waals surface area contributed by atoms with Crippen molar-refractivity contribution in [1.82, 2.24) is 10.6 Å². The van der Waals surface area contributed by atoms with Crippen LogP contribution < -0.4 is 29.6 Å². The molecule has 0 aromatic heterocycles. The minimum Gasteiger partial charge on any atom is -0.492 e. The molecule has 3 N–H and O–H groups in total. The lowest BCUT2D eigenvalue weighted by atomic mass is 10.1. The third kappa shape index (κ3) is 10.8. The summed E-state index contributed by atoms with van der Waals surface area (Å²) in [6.45, 7) is 0.144. The Morgan fingerprint density at radius 3 is 1.77 bits per heavy atom. The lowest BCUT2D eigenvalue weighted by Crippen LogP contribution is -2.35. The maximum atomic E-state index is 13.4. The lowest BCUT2D eigenvalue weighted by Gasteiger charge is -2.18. The minimum atomic E-state index is -1.10. The fourth-order valence-electron chi connectivity index (χ4n) is 5.62. The first-order valence-corrected chi connectivity index (χ1v) is 20.6. The number of oxime groups is 2. The third-order valence-corrected chi connectivity index (χ3v) is 11.2. The Hall–Kier alpha value is -3.68. The van der Waals surface area contributed by atoms with Crippen molar-refractivity contribution >= 4 is 103 Å². The molecule has 1 atom stereocenters. The van der Waals surface area contributed by atoms with Crippen molar-refractivity contribution in [2.45, 2.75) is 25.4 Å². The first kappa shape index (κ1) is 43.4. The molecule has 4 aromatic carbocycles. The summed E-state index contributed by atoms with van der Waals surface area (Å²) >= 11 is 17.9. The molecule has 56 heavy (non-hydrogen) atoms. The molecular formula is C38H35Br5N4O9. The highest BCUT2D eigenvalue weighted by Gasteiger charge is 2.23. The smallest absolute Gasteiger partial charge is 0.269 e. The number of aliphatic hydroxyl groups excluding tert-OH is 1. The average molecular weight is 1090 g/mol. The van der Waals surface area contributed by atoms with Gasteiger partial charge in [-0.25, -0.2) is 0 Å². The van der Waals surface area contributed by atoms with Crippen molar-refractivity contribution in [3.63, 3.8) is 0 Å². The summed E-state index contributed by atoms with van der Waals surface area (Å²) in [6.07, 6.45) is -0.451. The summed E-state index contributed by atoms with van der Waals surface area (Å²) in [5.41, 5.74) is 2.94. The largest absolute Gasteiger partial charge is 0.492 e. The van der Waals surface area contributed by atoms with E-state index >= 15 is 0 Å². The van der Waals surface area contributed by atoms with E-state index in [1.807, 2.05) is 18.2 Å². The van der Waals surface area contributed by atoms with Gasteiger partial charge in [0.2, 0.25) is 0 Å². The zero-order valence-corrected chi connectivity index (χ0v) is 38.2. The molecule has 0 spiro atoms. The van der Waals surface area contributed by atoms with Gasteiger partial charge >= 0.3 is 0 Å². The van der Waals surface area contributed by atoms with E-state index in [0.717, 1.165) is 11.1 Å². The number of nitrogens with zero attached hydrogens (tertiary/aromatic N) is 2. The highest BCUT2D eigenvalue weighted by Crippen LogP contribution is 2.45. The molecule has 8 bridgehead atoms. The van der Waals surface area contributed by atoms with Gasteiger partial charge in [0.1, 0.15) is 31.4 Å². The zero-order valence-electron chi connectivity index (χ0n) is 30.3. The van der Waals surface area contributed by atoms with E-state index in [1.54, 1.807) is 36.4 Å². The van der Waals surface area contributed by atoms with Crippen LogP contribution in [0.2, 0.25) is 0 Å². The van der Waals surface area contributed by atoms with Crippen LogP contribution in [0.4, 0.5) is 0 Å². The van der Waals surface area contributed by atoms with Gasteiger partial charge in [0.25, 0.3) is 11.8 Å². The Balaban J connectivity index is 1.53. The molecule has 0 fully saturated rings. The fourth-order valence-corrected chi connectivity index (χ4v) is 8.81. The second-order valence-corrected chi connectivity index (χ2v) is 16.3.